The summed E-state index contributed by atoms with van der Waals surface area (Å²) >= 11 is 0. The van der Waals surface area contributed by atoms with Gasteiger partial charge in [-0.25, -0.2) is 8.78 Å². The van der Waals surface area contributed by atoms with Gasteiger partial charge in [-0.1, -0.05) is 48.5 Å². The van der Waals surface area contributed by atoms with Crippen molar-refractivity contribution in [3.05, 3.63) is 77.9 Å². The highest BCUT2D eigenvalue weighted by Crippen LogP contribution is 2.22. The van der Waals surface area contributed by atoms with E-state index in [0.29, 0.717) is 0 Å². The lowest BCUT2D eigenvalue weighted by molar-refractivity contribution is -0.121. The molecular formula is C24H25F2N3O. The van der Waals surface area contributed by atoms with Crippen molar-refractivity contribution >= 4 is 22.4 Å². The van der Waals surface area contributed by atoms with Crippen LogP contribution in [0.4, 0.5) is 14.5 Å². The molecule has 0 aliphatic carbocycles. The average molecular weight is 409 g/mol. The first kappa shape index (κ1) is 20.4. The topological polar surface area (TPSA) is 35.6 Å². The summed E-state index contributed by atoms with van der Waals surface area (Å²) in [6.07, 6.45) is 0. The molecule has 1 aliphatic heterocycles. The third kappa shape index (κ3) is 4.35. The zero-order valence-electron chi connectivity index (χ0n) is 16.9. The van der Waals surface area contributed by atoms with Gasteiger partial charge in [0.1, 0.15) is 17.3 Å². The smallest absolute Gasteiger partial charge is 0.241 e. The SMILES string of the molecule is CC(C(=O)Nc1c(F)cccc1F)N1CCN(Cc2cccc3ccccc23)CC1. The Labute approximate surface area is 175 Å². The number of carbonyl (C=O) groups excluding carboxylic acids is 1. The number of fused-ring (bicyclic) bond motifs is 1. The standard InChI is InChI=1S/C24H25F2N3O/c1-17(24(30)27-23-21(25)10-5-11-22(23)26)29-14-12-28(13-15-29)16-19-8-4-7-18-6-2-3-9-20(18)19/h2-11,17H,12-16H2,1H3,(H,27,30). The number of halogens is 2. The molecule has 1 atom stereocenters. The highest BCUT2D eigenvalue weighted by Gasteiger charge is 2.27. The predicted molar refractivity (Wildman–Crippen MR) is 115 cm³/mol. The van der Waals surface area contributed by atoms with E-state index in [-0.39, 0.29) is 5.69 Å². The van der Waals surface area contributed by atoms with Crippen molar-refractivity contribution in [2.75, 3.05) is 31.5 Å². The minimum atomic E-state index is -0.768. The Kier molecular flexibility index (Phi) is 6.06. The molecular weight excluding hydrogens is 384 g/mol. The molecule has 3 aromatic carbocycles. The minimum Gasteiger partial charge on any atom is -0.320 e. The van der Waals surface area contributed by atoms with E-state index in [4.69, 9.17) is 0 Å². The lowest BCUT2D eigenvalue weighted by Crippen LogP contribution is -2.52. The van der Waals surface area contributed by atoms with Crippen molar-refractivity contribution in [2.45, 2.75) is 19.5 Å². The van der Waals surface area contributed by atoms with Crippen LogP contribution in [-0.4, -0.2) is 47.9 Å². The molecule has 1 unspecified atom stereocenters. The van der Waals surface area contributed by atoms with E-state index < -0.39 is 23.6 Å². The van der Waals surface area contributed by atoms with Gasteiger partial charge in [-0.05, 0) is 35.4 Å². The second-order valence-corrected chi connectivity index (χ2v) is 7.71. The number of rotatable bonds is 5. The summed E-state index contributed by atoms with van der Waals surface area (Å²) in [5.74, 6) is -1.94. The molecule has 0 saturated carbocycles. The van der Waals surface area contributed by atoms with E-state index >= 15 is 0 Å². The molecule has 0 radical (unpaired) electrons. The van der Waals surface area contributed by atoms with Gasteiger partial charge in [0.15, 0.2) is 0 Å². The van der Waals surface area contributed by atoms with Crippen LogP contribution in [0.15, 0.2) is 60.7 Å². The van der Waals surface area contributed by atoms with Gasteiger partial charge in [-0.3, -0.25) is 14.6 Å². The molecule has 0 aromatic heterocycles. The number of benzene rings is 3. The zero-order valence-corrected chi connectivity index (χ0v) is 16.9. The van der Waals surface area contributed by atoms with Crippen LogP contribution >= 0.6 is 0 Å². The van der Waals surface area contributed by atoms with Crippen LogP contribution in [0.3, 0.4) is 0 Å². The van der Waals surface area contributed by atoms with E-state index in [0.717, 1.165) is 44.9 Å². The van der Waals surface area contributed by atoms with Crippen LogP contribution in [0.25, 0.3) is 10.8 Å². The summed E-state index contributed by atoms with van der Waals surface area (Å²) < 4.78 is 27.6. The quantitative estimate of drug-likeness (QED) is 0.684. The second-order valence-electron chi connectivity index (χ2n) is 7.71. The molecule has 3 aromatic rings. The van der Waals surface area contributed by atoms with Gasteiger partial charge in [0.2, 0.25) is 5.91 Å². The summed E-state index contributed by atoms with van der Waals surface area (Å²) in [6.45, 7) is 5.73. The maximum atomic E-state index is 13.8. The van der Waals surface area contributed by atoms with Crippen LogP contribution in [0.1, 0.15) is 12.5 Å². The first-order chi connectivity index (χ1) is 14.5. The first-order valence-electron chi connectivity index (χ1n) is 10.2. The molecule has 1 fully saturated rings. The third-order valence-electron chi connectivity index (χ3n) is 5.82. The summed E-state index contributed by atoms with van der Waals surface area (Å²) in [6, 6.07) is 17.8. The fraction of sp³-hybridized carbons (Fsp3) is 0.292. The van der Waals surface area contributed by atoms with Gasteiger partial charge in [0, 0.05) is 32.7 Å². The maximum Gasteiger partial charge on any atom is 0.241 e. The van der Waals surface area contributed by atoms with Crippen LogP contribution in [0, 0.1) is 11.6 Å². The number of para-hydroxylation sites is 1. The number of piperazine rings is 1. The van der Waals surface area contributed by atoms with Gasteiger partial charge >= 0.3 is 0 Å². The number of hydrogen-bond acceptors (Lipinski definition) is 3. The Morgan fingerprint density at radius 2 is 1.57 bits per heavy atom. The molecule has 1 amide bonds. The molecule has 30 heavy (non-hydrogen) atoms. The zero-order chi connectivity index (χ0) is 21.1. The third-order valence-corrected chi connectivity index (χ3v) is 5.82. The largest absolute Gasteiger partial charge is 0.320 e. The molecule has 0 spiro atoms. The molecule has 4 nitrogen and oxygen atoms in total. The molecule has 1 saturated heterocycles. The molecule has 1 aliphatic rings. The van der Waals surface area contributed by atoms with Gasteiger partial charge in [-0.15, -0.1) is 0 Å². The Hall–Kier alpha value is -2.83. The predicted octanol–water partition coefficient (Wildman–Crippen LogP) is 4.26. The van der Waals surface area contributed by atoms with Crippen molar-refractivity contribution in [1.82, 2.24) is 9.80 Å². The van der Waals surface area contributed by atoms with E-state index in [9.17, 15) is 13.6 Å². The number of anilines is 1. The summed E-state index contributed by atoms with van der Waals surface area (Å²) in [5, 5.41) is 4.90. The second kappa shape index (κ2) is 8.90. The monoisotopic (exact) mass is 409 g/mol. The summed E-state index contributed by atoms with van der Waals surface area (Å²) in [7, 11) is 0. The highest BCUT2D eigenvalue weighted by atomic mass is 19.1. The maximum absolute atomic E-state index is 13.8. The van der Waals surface area contributed by atoms with Gasteiger partial charge < -0.3 is 5.32 Å². The van der Waals surface area contributed by atoms with Crippen LogP contribution in [0.5, 0.6) is 0 Å². The van der Waals surface area contributed by atoms with Crippen molar-refractivity contribution in [3.8, 4) is 0 Å². The van der Waals surface area contributed by atoms with Crippen LogP contribution in [0.2, 0.25) is 0 Å². The molecule has 1 N–H and O–H groups in total. The molecule has 156 valence electrons. The van der Waals surface area contributed by atoms with Crippen LogP contribution < -0.4 is 5.32 Å². The lowest BCUT2D eigenvalue weighted by Gasteiger charge is -2.37. The molecule has 1 heterocycles. The normalized spacial score (nSPS) is 16.5. The number of hydrogen-bond donors (Lipinski definition) is 1. The summed E-state index contributed by atoms with van der Waals surface area (Å²) in [4.78, 5) is 17.0. The Bertz CT molecular complexity index is 1020. The Morgan fingerprint density at radius 1 is 0.933 bits per heavy atom. The number of nitrogens with zero attached hydrogens (tertiary/aromatic N) is 2. The average Bonchev–Trinajstić information content (AvgIpc) is 2.76. The van der Waals surface area contributed by atoms with E-state index in [1.807, 2.05) is 11.0 Å². The fourth-order valence-electron chi connectivity index (χ4n) is 3.99. The van der Waals surface area contributed by atoms with E-state index in [1.165, 1.54) is 22.4 Å². The van der Waals surface area contributed by atoms with Crippen molar-refractivity contribution in [1.29, 1.82) is 0 Å². The fourth-order valence-corrected chi connectivity index (χ4v) is 3.99. The first-order valence-corrected chi connectivity index (χ1v) is 10.2. The minimum absolute atomic E-state index is 0.385. The van der Waals surface area contributed by atoms with Crippen LogP contribution in [-0.2, 0) is 11.3 Å². The van der Waals surface area contributed by atoms with Gasteiger partial charge in [-0.2, -0.15) is 0 Å². The van der Waals surface area contributed by atoms with Crippen molar-refractivity contribution in [3.63, 3.8) is 0 Å². The Balaban J connectivity index is 1.35. The lowest BCUT2D eigenvalue weighted by atomic mass is 10.0. The van der Waals surface area contributed by atoms with E-state index in [1.54, 1.807) is 6.92 Å². The molecule has 0 bridgehead atoms. The number of nitrogens with one attached hydrogen (secondary N) is 1. The number of carbonyl (C=O) groups is 1. The summed E-state index contributed by atoms with van der Waals surface area (Å²) in [5.41, 5.74) is 0.909. The van der Waals surface area contributed by atoms with E-state index in [2.05, 4.69) is 46.6 Å². The van der Waals surface area contributed by atoms with Gasteiger partial charge in [0.25, 0.3) is 0 Å². The van der Waals surface area contributed by atoms with Gasteiger partial charge in [0.05, 0.1) is 6.04 Å². The number of amides is 1. The molecule has 4 rings (SSSR count). The Morgan fingerprint density at radius 3 is 2.30 bits per heavy atom. The van der Waals surface area contributed by atoms with Crippen molar-refractivity contribution in [2.24, 2.45) is 0 Å². The van der Waals surface area contributed by atoms with Crippen molar-refractivity contribution < 1.29 is 13.6 Å². The highest BCUT2D eigenvalue weighted by molar-refractivity contribution is 5.94. The molecule has 6 heteroatoms.